The van der Waals surface area contributed by atoms with Gasteiger partial charge < -0.3 is 25.7 Å². The lowest BCUT2D eigenvalue weighted by Crippen LogP contribution is -2.38. The number of fused-ring (bicyclic) bond motifs is 1. The van der Waals surface area contributed by atoms with Crippen molar-refractivity contribution in [3.05, 3.63) is 62.7 Å². The summed E-state index contributed by atoms with van der Waals surface area (Å²) in [4.78, 5) is 39.9. The first kappa shape index (κ1) is 32.0. The number of benzene rings is 1. The summed E-state index contributed by atoms with van der Waals surface area (Å²) >= 11 is 0. The van der Waals surface area contributed by atoms with Gasteiger partial charge in [0.2, 0.25) is 5.95 Å². The Morgan fingerprint density at radius 3 is 2.28 bits per heavy atom. The summed E-state index contributed by atoms with van der Waals surface area (Å²) in [6.07, 6.45) is 2.86. The van der Waals surface area contributed by atoms with E-state index in [1.165, 1.54) is 17.2 Å². The number of aryl methyl sites for hydroxylation is 2. The van der Waals surface area contributed by atoms with E-state index in [9.17, 15) is 14.7 Å². The molecule has 0 radical (unpaired) electrons. The Balaban J connectivity index is 0.000000782. The Kier molecular flexibility index (Phi) is 9.20. The maximum atomic E-state index is 11.9. The highest BCUT2D eigenvalue weighted by Crippen LogP contribution is 2.42. The van der Waals surface area contributed by atoms with Crippen LogP contribution in [0.4, 0.5) is 17.5 Å². The highest BCUT2D eigenvalue weighted by atomic mass is 16.4. The van der Waals surface area contributed by atoms with E-state index in [0.717, 1.165) is 72.7 Å². The first-order valence-corrected chi connectivity index (χ1v) is 14.9. The number of pyridine rings is 1. The summed E-state index contributed by atoms with van der Waals surface area (Å²) in [6, 6.07) is 7.95. The summed E-state index contributed by atoms with van der Waals surface area (Å²) < 4.78 is 0. The number of hydrogen-bond acceptors (Lipinski definition) is 8. The molecular weight excluding hydrogens is 544 g/mol. The SMILES string of the molecule is CC(C)(C)O.Cc1nc(C)c(-c2ccc3c(c2)CCN(c2cc(=O)[nH]c(N)n2)C3)c(N2CCC(C)(C)CC2)c1CC(=O)O. The van der Waals surface area contributed by atoms with Crippen LogP contribution < -0.4 is 21.1 Å². The molecule has 0 atom stereocenters. The highest BCUT2D eigenvalue weighted by molar-refractivity contribution is 5.86. The van der Waals surface area contributed by atoms with Crippen molar-refractivity contribution in [3.63, 3.8) is 0 Å². The van der Waals surface area contributed by atoms with Gasteiger partial charge >= 0.3 is 5.97 Å². The van der Waals surface area contributed by atoms with Crippen molar-refractivity contribution < 1.29 is 15.0 Å². The number of nitrogens with zero attached hydrogens (tertiary/aromatic N) is 4. The number of aromatic nitrogens is 3. The van der Waals surface area contributed by atoms with Crippen molar-refractivity contribution in [2.24, 2.45) is 5.41 Å². The zero-order valence-corrected chi connectivity index (χ0v) is 26.5. The van der Waals surface area contributed by atoms with Gasteiger partial charge in [-0.25, -0.2) is 0 Å². The predicted molar refractivity (Wildman–Crippen MR) is 172 cm³/mol. The molecule has 0 spiro atoms. The third-order valence-corrected chi connectivity index (χ3v) is 8.00. The summed E-state index contributed by atoms with van der Waals surface area (Å²) in [6.45, 7) is 16.9. The maximum Gasteiger partial charge on any atom is 0.307 e. The molecule has 1 fully saturated rings. The first-order chi connectivity index (χ1) is 20.0. The monoisotopic (exact) mass is 590 g/mol. The fraction of sp³-hybridized carbons (Fsp3) is 0.515. The number of aliphatic hydroxyl groups is 1. The van der Waals surface area contributed by atoms with Crippen LogP contribution in [-0.2, 0) is 24.2 Å². The summed E-state index contributed by atoms with van der Waals surface area (Å²) in [5, 5.41) is 18.3. The number of aromatic amines is 1. The van der Waals surface area contributed by atoms with Crippen molar-refractivity contribution >= 4 is 23.4 Å². The Morgan fingerprint density at radius 1 is 1.02 bits per heavy atom. The van der Waals surface area contributed by atoms with E-state index in [-0.39, 0.29) is 23.3 Å². The van der Waals surface area contributed by atoms with Crippen LogP contribution in [0.25, 0.3) is 11.1 Å². The van der Waals surface area contributed by atoms with Crippen molar-refractivity contribution in [2.75, 3.05) is 35.2 Å². The molecule has 2 aliphatic rings. The fourth-order valence-corrected chi connectivity index (χ4v) is 5.79. The summed E-state index contributed by atoms with van der Waals surface area (Å²) in [5.41, 5.74) is 13.3. The minimum atomic E-state index is -0.845. The third kappa shape index (κ3) is 8.13. The standard InChI is InChI=1S/C29H36N6O3.C4H10O/c1-17-22(14-25(37)38)27(34-11-8-29(3,4)9-12-34)26(18(2)31-17)20-5-6-21-16-35(10-7-19(21)13-20)23-15-24(36)33-28(30)32-23;1-4(2,3)5/h5-6,13,15H,7-12,14,16H2,1-4H3,(H,37,38)(H3,30,32,33,36);5H,1-3H3. The molecular formula is C33H46N6O4. The minimum absolute atomic E-state index is 0.0480. The summed E-state index contributed by atoms with van der Waals surface area (Å²) in [7, 11) is 0. The molecule has 43 heavy (non-hydrogen) atoms. The molecule has 2 aromatic heterocycles. The molecule has 2 aliphatic heterocycles. The van der Waals surface area contributed by atoms with Crippen LogP contribution in [-0.4, -0.2) is 56.4 Å². The van der Waals surface area contributed by atoms with Crippen molar-refractivity contribution in [1.82, 2.24) is 15.0 Å². The average molecular weight is 591 g/mol. The molecule has 1 saturated heterocycles. The molecule has 0 amide bonds. The number of aliphatic carboxylic acids is 1. The number of carboxylic acids is 1. The molecule has 0 bridgehead atoms. The molecule has 10 nitrogen and oxygen atoms in total. The minimum Gasteiger partial charge on any atom is -0.481 e. The van der Waals surface area contributed by atoms with Gasteiger partial charge in [-0.05, 0) is 76.0 Å². The van der Waals surface area contributed by atoms with Gasteiger partial charge in [0, 0.05) is 54.8 Å². The molecule has 0 saturated carbocycles. The maximum absolute atomic E-state index is 11.9. The number of anilines is 3. The number of nitrogens with two attached hydrogens (primary N) is 1. The Morgan fingerprint density at radius 2 is 1.67 bits per heavy atom. The molecule has 5 N–H and O–H groups in total. The summed E-state index contributed by atoms with van der Waals surface area (Å²) in [5.74, 6) is -0.155. The van der Waals surface area contributed by atoms with Gasteiger partial charge in [0.25, 0.3) is 5.56 Å². The van der Waals surface area contributed by atoms with Gasteiger partial charge in [-0.15, -0.1) is 0 Å². The van der Waals surface area contributed by atoms with E-state index in [1.807, 2.05) is 13.8 Å². The van der Waals surface area contributed by atoms with Crippen LogP contribution in [0.3, 0.4) is 0 Å². The van der Waals surface area contributed by atoms with Crippen LogP contribution in [0.5, 0.6) is 0 Å². The van der Waals surface area contributed by atoms with Gasteiger partial charge in [0.05, 0.1) is 17.7 Å². The largest absolute Gasteiger partial charge is 0.481 e. The number of carbonyl (C=O) groups is 1. The van der Waals surface area contributed by atoms with Gasteiger partial charge in [-0.3, -0.25) is 19.6 Å². The lowest BCUT2D eigenvalue weighted by atomic mass is 9.82. The van der Waals surface area contributed by atoms with Crippen LogP contribution in [0.15, 0.2) is 29.1 Å². The molecule has 232 valence electrons. The zero-order chi connectivity index (χ0) is 31.7. The number of nitrogens with one attached hydrogen (secondary N) is 1. The topological polar surface area (TPSA) is 149 Å². The molecule has 5 rings (SSSR count). The second-order valence-electron chi connectivity index (χ2n) is 13.5. The lowest BCUT2D eigenvalue weighted by molar-refractivity contribution is -0.136. The van der Waals surface area contributed by atoms with Crippen LogP contribution >= 0.6 is 0 Å². The molecule has 3 aromatic rings. The molecule has 0 aliphatic carbocycles. The van der Waals surface area contributed by atoms with Crippen LogP contribution in [0, 0.1) is 19.3 Å². The fourth-order valence-electron chi connectivity index (χ4n) is 5.79. The van der Waals surface area contributed by atoms with Gasteiger partial charge in [0.15, 0.2) is 0 Å². The van der Waals surface area contributed by atoms with E-state index in [4.69, 9.17) is 15.8 Å². The number of H-pyrrole nitrogens is 1. The van der Waals surface area contributed by atoms with Crippen LogP contribution in [0.2, 0.25) is 0 Å². The molecule has 1 aromatic carbocycles. The van der Waals surface area contributed by atoms with Crippen LogP contribution in [0.1, 0.15) is 75.5 Å². The molecule has 0 unspecified atom stereocenters. The van der Waals surface area contributed by atoms with Crippen molar-refractivity contribution in [3.8, 4) is 11.1 Å². The van der Waals surface area contributed by atoms with E-state index >= 15 is 0 Å². The number of nitrogen functional groups attached to an aromatic ring is 1. The number of hydrogen-bond donors (Lipinski definition) is 4. The smallest absolute Gasteiger partial charge is 0.307 e. The molecule has 10 heteroatoms. The Labute approximate surface area is 254 Å². The van der Waals surface area contributed by atoms with Crippen molar-refractivity contribution in [2.45, 2.75) is 86.3 Å². The number of piperidine rings is 1. The first-order valence-electron chi connectivity index (χ1n) is 14.9. The quantitative estimate of drug-likeness (QED) is 0.334. The van der Waals surface area contributed by atoms with E-state index < -0.39 is 11.6 Å². The number of carboxylic acid groups (broad SMARTS) is 1. The second-order valence-corrected chi connectivity index (χ2v) is 13.5. The Hall–Kier alpha value is -3.92. The molecule has 4 heterocycles. The third-order valence-electron chi connectivity index (χ3n) is 8.00. The second kappa shape index (κ2) is 12.4. The Bertz CT molecular complexity index is 1540. The normalized spacial score (nSPS) is 16.3. The van der Waals surface area contributed by atoms with Gasteiger partial charge in [-0.1, -0.05) is 32.0 Å². The zero-order valence-electron chi connectivity index (χ0n) is 26.5. The van der Waals surface area contributed by atoms with Crippen molar-refractivity contribution in [1.29, 1.82) is 0 Å². The lowest BCUT2D eigenvalue weighted by Gasteiger charge is -2.40. The van der Waals surface area contributed by atoms with Gasteiger partial charge in [-0.2, -0.15) is 4.98 Å². The van der Waals surface area contributed by atoms with E-state index in [2.05, 4.69) is 51.8 Å². The van der Waals surface area contributed by atoms with E-state index in [1.54, 1.807) is 20.8 Å². The van der Waals surface area contributed by atoms with Gasteiger partial charge in [0.1, 0.15) is 5.82 Å². The average Bonchev–Trinajstić information content (AvgIpc) is 2.88. The van der Waals surface area contributed by atoms with E-state index in [0.29, 0.717) is 12.4 Å². The highest BCUT2D eigenvalue weighted by Gasteiger charge is 2.30. The number of rotatable bonds is 5. The predicted octanol–water partition coefficient (Wildman–Crippen LogP) is 4.62.